The molecule has 0 heterocycles. The van der Waals surface area contributed by atoms with Crippen molar-refractivity contribution in [2.24, 2.45) is 0 Å². The van der Waals surface area contributed by atoms with Gasteiger partial charge in [-0.05, 0) is 57.2 Å². The van der Waals surface area contributed by atoms with E-state index in [-0.39, 0.29) is 0 Å². The van der Waals surface area contributed by atoms with Gasteiger partial charge in [0.05, 0.1) is 0 Å². The summed E-state index contributed by atoms with van der Waals surface area (Å²) in [5, 5.41) is 0. The molecule has 0 aliphatic rings. The van der Waals surface area contributed by atoms with Crippen molar-refractivity contribution in [2.45, 2.75) is 0 Å². The van der Waals surface area contributed by atoms with Gasteiger partial charge in [0.2, 0.25) is 0 Å². The van der Waals surface area contributed by atoms with Crippen LogP contribution in [0.25, 0.3) is 0 Å². The zero-order valence-electron chi connectivity index (χ0n) is 17.7. The second kappa shape index (κ2) is 13.0. The highest BCUT2D eigenvalue weighted by Crippen LogP contribution is 2.56. The molecule has 7 nitrogen and oxygen atoms in total. The molecule has 4 rings (SSSR count). The molecular weight excluding hydrogens is 493 g/mol. The molecule has 0 N–H and O–H groups in total. The minimum Gasteiger partial charge on any atom is -0.415 e. The maximum atomic E-state index is 12.8. The Morgan fingerprint density at radius 3 is 0.882 bits per heavy atom. The van der Waals surface area contributed by atoms with E-state index in [4.69, 9.17) is 26.7 Å². The topological polar surface area (TPSA) is 72.5 Å². The highest BCUT2D eigenvalue weighted by atomic mass is 31.3. The molecule has 0 atom stereocenters. The van der Waals surface area contributed by atoms with Crippen molar-refractivity contribution in [3.8, 4) is 23.0 Å². The van der Waals surface area contributed by atoms with E-state index in [1.54, 1.807) is 48.5 Å². The van der Waals surface area contributed by atoms with E-state index in [1.165, 1.54) is 0 Å². The molecule has 0 amide bonds. The van der Waals surface area contributed by atoms with Crippen LogP contribution in [-0.2, 0) is 13.2 Å². The van der Waals surface area contributed by atoms with Gasteiger partial charge in [0.1, 0.15) is 23.0 Å². The summed E-state index contributed by atoms with van der Waals surface area (Å²) in [6.07, 6.45) is 0. The summed E-state index contributed by atoms with van der Waals surface area (Å²) in [7, 11) is -6.96. The molecule has 34 heavy (non-hydrogen) atoms. The largest absolute Gasteiger partial charge is 0.718 e. The molecule has 4 aromatic rings. The highest BCUT2D eigenvalue weighted by molar-refractivity contribution is 7.58. The zero-order valence-corrected chi connectivity index (χ0v) is 20.4. The van der Waals surface area contributed by atoms with Gasteiger partial charge in [-0.3, -0.25) is 0 Å². The Balaban J connectivity index is 1.45. The predicted octanol–water partition coefficient (Wildman–Crippen LogP) is 8.45. The monoisotopic (exact) mass is 513 g/mol. The lowest BCUT2D eigenvalue weighted by molar-refractivity contribution is 0.336. The number of hydrogen-bond donors (Lipinski definition) is 0. The quantitative estimate of drug-likeness (QED) is 0.176. The van der Waals surface area contributed by atoms with E-state index < -0.39 is 25.5 Å². The Labute approximate surface area is 201 Å². The summed E-state index contributed by atoms with van der Waals surface area (Å²) in [5.41, 5.74) is 0. The van der Waals surface area contributed by atoms with Gasteiger partial charge in [-0.2, -0.15) is 0 Å². The molecule has 4 aromatic carbocycles. The third-order valence-electron chi connectivity index (χ3n) is 3.96. The van der Waals surface area contributed by atoms with E-state index >= 15 is 0 Å². The third-order valence-corrected chi connectivity index (χ3v) is 7.53. The molecule has 0 saturated heterocycles. The third kappa shape index (κ3) is 8.07. The fourth-order valence-electron chi connectivity index (χ4n) is 2.50. The second-order valence-electron chi connectivity index (χ2n) is 6.45. The number of rotatable bonds is 12. The zero-order chi connectivity index (χ0) is 23.4. The first-order valence-electron chi connectivity index (χ1n) is 10.1. The summed E-state index contributed by atoms with van der Waals surface area (Å²) in [4.78, 5) is 0. The van der Waals surface area contributed by atoms with Gasteiger partial charge in [-0.15, -0.1) is 0 Å². The number of para-hydroxylation sites is 4. The fraction of sp³-hybridized carbons (Fsp3) is 0. The van der Waals surface area contributed by atoms with Crippen molar-refractivity contribution in [2.75, 3.05) is 0 Å². The minimum atomic E-state index is -2.74. The van der Waals surface area contributed by atoms with Crippen molar-refractivity contribution < 1.29 is 31.3 Å². The Kier molecular flexibility index (Phi) is 9.21. The number of hydrogen-bond acceptors (Lipinski definition) is 7. The molecule has 0 aromatic heterocycles. The molecule has 10 heteroatoms. The van der Waals surface area contributed by atoms with Crippen LogP contribution < -0.4 is 18.1 Å². The van der Waals surface area contributed by atoms with Crippen molar-refractivity contribution in [3.05, 3.63) is 121 Å². The summed E-state index contributed by atoms with van der Waals surface area (Å²) < 4.78 is 47.1. The van der Waals surface area contributed by atoms with Crippen LogP contribution in [-0.4, -0.2) is 0 Å². The Hall–Kier alpha value is -3.04. The van der Waals surface area contributed by atoms with E-state index in [0.717, 1.165) is 0 Å². The second-order valence-corrected chi connectivity index (χ2v) is 9.83. The minimum absolute atomic E-state index is 0.497. The summed E-state index contributed by atoms with van der Waals surface area (Å²) in [6, 6.07) is 35.8. The van der Waals surface area contributed by atoms with Gasteiger partial charge in [-0.1, -0.05) is 72.8 Å². The molecule has 0 spiro atoms. The smallest absolute Gasteiger partial charge is 0.415 e. The normalized spacial score (nSPS) is 10.6. The van der Waals surface area contributed by atoms with Crippen molar-refractivity contribution >= 4 is 25.5 Å². The van der Waals surface area contributed by atoms with Crippen LogP contribution in [0.15, 0.2) is 121 Å². The van der Waals surface area contributed by atoms with Crippen LogP contribution in [0.1, 0.15) is 0 Å². The van der Waals surface area contributed by atoms with Crippen molar-refractivity contribution in [3.63, 3.8) is 0 Å². The first kappa shape index (κ1) is 24.1. The average Bonchev–Trinajstić information content (AvgIpc) is 2.86. The molecular formula is C24H20O7P3+. The highest BCUT2D eigenvalue weighted by Gasteiger charge is 2.40. The van der Waals surface area contributed by atoms with Crippen LogP contribution in [0.4, 0.5) is 0 Å². The van der Waals surface area contributed by atoms with Crippen LogP contribution in [0.2, 0.25) is 0 Å². The number of benzene rings is 4. The van der Waals surface area contributed by atoms with Crippen LogP contribution in [0, 0.1) is 0 Å². The standard InChI is InChI=1S/C24H20O7P3/c25-32(30-33(26-21-13-5-1-6-14-21)27-22-15-7-2-8-16-22)31-34(28-23-17-9-3-10-18-23)29-24-19-11-4-12-20-24/h1-20H/q+1. The molecule has 0 aliphatic heterocycles. The Morgan fingerprint density at radius 1 is 0.412 bits per heavy atom. The summed E-state index contributed by atoms with van der Waals surface area (Å²) >= 11 is 0. The van der Waals surface area contributed by atoms with Gasteiger partial charge >= 0.3 is 25.5 Å². The SMILES string of the molecule is O=[P+](OP(Oc1ccccc1)Oc1ccccc1)OP(Oc1ccccc1)Oc1ccccc1. The Bertz CT molecular complexity index is 962. The van der Waals surface area contributed by atoms with E-state index in [9.17, 15) is 4.57 Å². The molecule has 0 fully saturated rings. The first-order chi connectivity index (χ1) is 16.7. The lowest BCUT2D eigenvalue weighted by Gasteiger charge is -2.14. The molecule has 172 valence electrons. The average molecular weight is 513 g/mol. The molecule has 0 aliphatic carbocycles. The molecule has 0 radical (unpaired) electrons. The van der Waals surface area contributed by atoms with Crippen LogP contribution in [0.5, 0.6) is 23.0 Å². The predicted molar refractivity (Wildman–Crippen MR) is 132 cm³/mol. The van der Waals surface area contributed by atoms with Crippen molar-refractivity contribution in [1.82, 2.24) is 0 Å². The fourth-order valence-corrected chi connectivity index (χ4v) is 5.54. The molecule has 0 saturated carbocycles. The van der Waals surface area contributed by atoms with E-state index in [2.05, 4.69) is 0 Å². The van der Waals surface area contributed by atoms with E-state index in [1.807, 2.05) is 72.8 Å². The van der Waals surface area contributed by atoms with Crippen LogP contribution in [0.3, 0.4) is 0 Å². The lowest BCUT2D eigenvalue weighted by atomic mass is 10.3. The van der Waals surface area contributed by atoms with Gasteiger partial charge in [0.25, 0.3) is 0 Å². The maximum absolute atomic E-state index is 12.8. The lowest BCUT2D eigenvalue weighted by Crippen LogP contribution is -1.99. The van der Waals surface area contributed by atoms with Gasteiger partial charge in [-0.25, -0.2) is 0 Å². The molecule has 0 bridgehead atoms. The maximum Gasteiger partial charge on any atom is 0.718 e. The van der Waals surface area contributed by atoms with Crippen molar-refractivity contribution in [1.29, 1.82) is 0 Å². The Morgan fingerprint density at radius 2 is 0.647 bits per heavy atom. The van der Waals surface area contributed by atoms with Gasteiger partial charge < -0.3 is 18.1 Å². The van der Waals surface area contributed by atoms with Gasteiger partial charge in [0.15, 0.2) is 0 Å². The first-order valence-corrected chi connectivity index (χ1v) is 13.4. The summed E-state index contributed by atoms with van der Waals surface area (Å²) in [5.74, 6) is 1.99. The van der Waals surface area contributed by atoms with E-state index in [0.29, 0.717) is 23.0 Å². The van der Waals surface area contributed by atoms with Gasteiger partial charge in [0, 0.05) is 4.57 Å². The molecule has 0 unspecified atom stereocenters. The van der Waals surface area contributed by atoms with Crippen LogP contribution >= 0.6 is 25.5 Å². The summed E-state index contributed by atoms with van der Waals surface area (Å²) in [6.45, 7) is 0.